The number of fused-ring (bicyclic) bond motifs is 1. The van der Waals surface area contributed by atoms with Crippen molar-refractivity contribution < 1.29 is 28.6 Å². The molecule has 0 N–H and O–H groups in total. The molecule has 0 amide bonds. The second-order valence-corrected chi connectivity index (χ2v) is 9.06. The summed E-state index contributed by atoms with van der Waals surface area (Å²) in [5, 5.41) is 0. The first-order chi connectivity index (χ1) is 13.0. The first-order valence-corrected chi connectivity index (χ1v) is 9.90. The molecule has 6 atom stereocenters. The molecule has 28 heavy (non-hydrogen) atoms. The van der Waals surface area contributed by atoms with E-state index >= 15 is 0 Å². The maximum Gasteiger partial charge on any atom is 0.331 e. The van der Waals surface area contributed by atoms with Gasteiger partial charge in [0.05, 0.1) is 0 Å². The fraction of sp³-hybridized carbons (Fsp3) is 0.682. The third-order valence-corrected chi connectivity index (χ3v) is 6.98. The minimum atomic E-state index is -1.08. The molecule has 0 aromatic rings. The van der Waals surface area contributed by atoms with Gasteiger partial charge in [0.15, 0.2) is 0 Å². The molecule has 0 bridgehead atoms. The SMILES string of the molecule is C=C1COC(=O)[C@]12C[C@@]1(C)[C@H]([C@@H](OC(C)=O)CC[C@@H]1C)[C@H]2OC(=O)C=C(C)C. The zero-order chi connectivity index (χ0) is 20.9. The summed E-state index contributed by atoms with van der Waals surface area (Å²) in [4.78, 5) is 37.3. The molecule has 1 spiro atoms. The van der Waals surface area contributed by atoms with Gasteiger partial charge in [0.2, 0.25) is 0 Å². The molecular formula is C22H30O6. The lowest BCUT2D eigenvalue weighted by molar-refractivity contribution is -0.172. The molecule has 1 aliphatic heterocycles. The third kappa shape index (κ3) is 3.07. The first-order valence-electron chi connectivity index (χ1n) is 9.90. The number of hydrogen-bond donors (Lipinski definition) is 0. The monoisotopic (exact) mass is 390 g/mol. The van der Waals surface area contributed by atoms with E-state index in [0.29, 0.717) is 18.4 Å². The van der Waals surface area contributed by atoms with Crippen LogP contribution in [-0.2, 0) is 28.6 Å². The fourth-order valence-electron chi connectivity index (χ4n) is 5.50. The number of hydrogen-bond acceptors (Lipinski definition) is 6. The highest BCUT2D eigenvalue weighted by Gasteiger charge is 2.71. The third-order valence-electron chi connectivity index (χ3n) is 6.98. The van der Waals surface area contributed by atoms with Crippen molar-refractivity contribution >= 4 is 17.9 Å². The molecule has 2 aliphatic carbocycles. The van der Waals surface area contributed by atoms with Gasteiger partial charge in [-0.2, -0.15) is 0 Å². The summed E-state index contributed by atoms with van der Waals surface area (Å²) in [6.07, 6.45) is 2.26. The molecule has 3 rings (SSSR count). The number of allylic oxidation sites excluding steroid dienone is 1. The molecule has 0 unspecified atom stereocenters. The Labute approximate surface area is 166 Å². The smallest absolute Gasteiger partial charge is 0.331 e. The van der Waals surface area contributed by atoms with Gasteiger partial charge < -0.3 is 14.2 Å². The van der Waals surface area contributed by atoms with E-state index in [9.17, 15) is 14.4 Å². The number of rotatable bonds is 3. The van der Waals surface area contributed by atoms with Crippen molar-refractivity contribution in [3.63, 3.8) is 0 Å². The predicted octanol–water partition coefficient (Wildman–Crippen LogP) is 3.35. The summed E-state index contributed by atoms with van der Waals surface area (Å²) < 4.78 is 16.9. The Kier molecular flexibility index (Phi) is 5.19. The van der Waals surface area contributed by atoms with Gasteiger partial charge in [0.1, 0.15) is 24.2 Å². The molecule has 0 radical (unpaired) electrons. The predicted molar refractivity (Wildman–Crippen MR) is 102 cm³/mol. The van der Waals surface area contributed by atoms with Gasteiger partial charge in [-0.25, -0.2) is 4.79 Å². The van der Waals surface area contributed by atoms with E-state index in [0.717, 1.165) is 12.0 Å². The van der Waals surface area contributed by atoms with E-state index < -0.39 is 29.6 Å². The number of esters is 3. The van der Waals surface area contributed by atoms with Crippen LogP contribution in [0.15, 0.2) is 23.8 Å². The summed E-state index contributed by atoms with van der Waals surface area (Å²) in [5.41, 5.74) is 0.0142. The maximum absolute atomic E-state index is 12.9. The average molecular weight is 390 g/mol. The topological polar surface area (TPSA) is 78.9 Å². The van der Waals surface area contributed by atoms with Crippen LogP contribution >= 0.6 is 0 Å². The van der Waals surface area contributed by atoms with Crippen molar-refractivity contribution in [3.05, 3.63) is 23.8 Å². The molecule has 3 fully saturated rings. The van der Waals surface area contributed by atoms with Crippen LogP contribution in [-0.4, -0.2) is 36.7 Å². The lowest BCUT2D eigenvalue weighted by Crippen LogP contribution is -2.50. The Balaban J connectivity index is 2.11. The van der Waals surface area contributed by atoms with Crippen molar-refractivity contribution in [1.82, 2.24) is 0 Å². The van der Waals surface area contributed by atoms with Crippen LogP contribution in [0, 0.1) is 22.7 Å². The highest BCUT2D eigenvalue weighted by Crippen LogP contribution is 2.66. The van der Waals surface area contributed by atoms with E-state index in [-0.39, 0.29) is 29.8 Å². The lowest BCUT2D eigenvalue weighted by atomic mass is 9.61. The van der Waals surface area contributed by atoms with Crippen LogP contribution in [0.2, 0.25) is 0 Å². The maximum atomic E-state index is 12.9. The first kappa shape index (κ1) is 20.6. The van der Waals surface area contributed by atoms with Gasteiger partial charge in [-0.05, 0) is 50.0 Å². The lowest BCUT2D eigenvalue weighted by Gasteiger charge is -2.46. The average Bonchev–Trinajstić information content (AvgIpc) is 3.00. The fourth-order valence-corrected chi connectivity index (χ4v) is 5.50. The summed E-state index contributed by atoms with van der Waals surface area (Å²) in [6, 6.07) is 0. The number of carbonyl (C=O) groups excluding carboxylic acids is 3. The number of carbonyl (C=O) groups is 3. The summed E-state index contributed by atoms with van der Waals surface area (Å²) in [6.45, 7) is 13.5. The molecule has 0 aromatic heterocycles. The van der Waals surface area contributed by atoms with Crippen molar-refractivity contribution in [3.8, 4) is 0 Å². The van der Waals surface area contributed by atoms with Gasteiger partial charge in [-0.15, -0.1) is 0 Å². The Morgan fingerprint density at radius 2 is 1.89 bits per heavy atom. The van der Waals surface area contributed by atoms with E-state index in [1.807, 2.05) is 13.8 Å². The van der Waals surface area contributed by atoms with Crippen molar-refractivity contribution in [2.75, 3.05) is 6.61 Å². The molecule has 0 aromatic carbocycles. The Bertz CT molecular complexity index is 730. The molecular weight excluding hydrogens is 360 g/mol. The molecule has 1 heterocycles. The van der Waals surface area contributed by atoms with Crippen LogP contribution in [0.5, 0.6) is 0 Å². The summed E-state index contributed by atoms with van der Waals surface area (Å²) in [7, 11) is 0. The van der Waals surface area contributed by atoms with E-state index in [1.165, 1.54) is 13.0 Å². The highest BCUT2D eigenvalue weighted by molar-refractivity contribution is 5.87. The standard InChI is InChI=1S/C22H30O6/c1-12(2)9-17(24)28-19-18-16(27-15(5)23)8-7-13(3)21(18,6)11-22(19)14(4)10-26-20(22)25/h9,13,16,18-19H,4,7-8,10-11H2,1-3,5-6H3/t13-,16-,18+,19+,21+,22+/m0/s1. The normalized spacial score (nSPS) is 39.3. The zero-order valence-corrected chi connectivity index (χ0v) is 17.4. The molecule has 154 valence electrons. The van der Waals surface area contributed by atoms with Gasteiger partial charge in [0.25, 0.3) is 0 Å². The minimum Gasteiger partial charge on any atom is -0.462 e. The highest BCUT2D eigenvalue weighted by atomic mass is 16.6. The summed E-state index contributed by atoms with van der Waals surface area (Å²) >= 11 is 0. The second-order valence-electron chi connectivity index (χ2n) is 9.06. The molecule has 3 aliphatic rings. The summed E-state index contributed by atoms with van der Waals surface area (Å²) in [5.74, 6) is -1.28. The Morgan fingerprint density at radius 3 is 2.43 bits per heavy atom. The van der Waals surface area contributed by atoms with Crippen molar-refractivity contribution in [2.24, 2.45) is 22.7 Å². The van der Waals surface area contributed by atoms with E-state index in [1.54, 1.807) is 0 Å². The van der Waals surface area contributed by atoms with Crippen LogP contribution in [0.25, 0.3) is 0 Å². The Morgan fingerprint density at radius 1 is 1.21 bits per heavy atom. The van der Waals surface area contributed by atoms with Crippen LogP contribution < -0.4 is 0 Å². The number of ether oxygens (including phenoxy) is 3. The van der Waals surface area contributed by atoms with Gasteiger partial charge >= 0.3 is 17.9 Å². The second kappa shape index (κ2) is 7.05. The van der Waals surface area contributed by atoms with Crippen molar-refractivity contribution in [1.29, 1.82) is 0 Å². The molecule has 2 saturated carbocycles. The Hall–Kier alpha value is -2.11. The number of cyclic esters (lactones) is 1. The quantitative estimate of drug-likeness (QED) is 0.318. The largest absolute Gasteiger partial charge is 0.462 e. The van der Waals surface area contributed by atoms with Crippen molar-refractivity contribution in [2.45, 2.75) is 66.1 Å². The molecule has 1 saturated heterocycles. The van der Waals surface area contributed by atoms with E-state index in [2.05, 4.69) is 20.4 Å². The molecule has 6 nitrogen and oxygen atoms in total. The minimum absolute atomic E-state index is 0.130. The van der Waals surface area contributed by atoms with Crippen LogP contribution in [0.4, 0.5) is 0 Å². The van der Waals surface area contributed by atoms with Crippen LogP contribution in [0.1, 0.15) is 53.9 Å². The van der Waals surface area contributed by atoms with Gasteiger partial charge in [0, 0.05) is 18.9 Å². The van der Waals surface area contributed by atoms with Crippen LogP contribution in [0.3, 0.4) is 0 Å². The molecule has 6 heteroatoms. The van der Waals surface area contributed by atoms with Gasteiger partial charge in [-0.3, -0.25) is 9.59 Å². The van der Waals surface area contributed by atoms with E-state index in [4.69, 9.17) is 14.2 Å². The van der Waals surface area contributed by atoms with Gasteiger partial charge in [-0.1, -0.05) is 26.0 Å². The zero-order valence-electron chi connectivity index (χ0n) is 17.4.